The first-order chi connectivity index (χ1) is 19.6. The van der Waals surface area contributed by atoms with Crippen LogP contribution in [0.3, 0.4) is 0 Å². The van der Waals surface area contributed by atoms with Crippen molar-refractivity contribution in [3.8, 4) is 11.1 Å². The van der Waals surface area contributed by atoms with Crippen LogP contribution in [0.5, 0.6) is 0 Å². The van der Waals surface area contributed by atoms with Crippen LogP contribution in [-0.2, 0) is 4.79 Å². The fourth-order valence-corrected chi connectivity index (χ4v) is 4.95. The summed E-state index contributed by atoms with van der Waals surface area (Å²) in [5.74, 6) is -5.77. The third-order valence-corrected chi connectivity index (χ3v) is 6.93. The molecule has 4 aromatic carbocycles. The maximum absolute atomic E-state index is 15.0. The molecule has 2 amide bonds. The Hall–Kier alpha value is -5.11. The Kier molecular flexibility index (Phi) is 7.48. The Morgan fingerprint density at radius 2 is 1.56 bits per heavy atom. The minimum Gasteiger partial charge on any atom is -0.478 e. The second-order valence-corrected chi connectivity index (χ2v) is 9.77. The number of carbonyl (C=O) groups excluding carboxylic acids is 2. The number of halogens is 2. The number of aliphatic carboxylic acids is 1. The van der Waals surface area contributed by atoms with Gasteiger partial charge in [0, 0.05) is 47.0 Å². The van der Waals surface area contributed by atoms with Gasteiger partial charge in [0.2, 0.25) is 0 Å². The maximum Gasteiger partial charge on any atom is 0.328 e. The average Bonchev–Trinajstić information content (AvgIpc) is 3.06. The van der Waals surface area contributed by atoms with Gasteiger partial charge < -0.3 is 15.3 Å². The van der Waals surface area contributed by atoms with Gasteiger partial charge in [0.1, 0.15) is 0 Å². The van der Waals surface area contributed by atoms with E-state index < -0.39 is 29.8 Å². The molecule has 41 heavy (non-hydrogen) atoms. The van der Waals surface area contributed by atoms with Gasteiger partial charge in [0.15, 0.2) is 0 Å². The zero-order valence-electron chi connectivity index (χ0n) is 22.1. The molecular formula is C33H26F2N2O4. The molecule has 0 saturated heterocycles. The van der Waals surface area contributed by atoms with E-state index in [9.17, 15) is 28.3 Å². The molecule has 1 aliphatic rings. The van der Waals surface area contributed by atoms with E-state index in [-0.39, 0.29) is 29.3 Å². The van der Waals surface area contributed by atoms with E-state index in [4.69, 9.17) is 0 Å². The normalized spacial score (nSPS) is 15.1. The number of carboxylic acid groups (broad SMARTS) is 1. The highest BCUT2D eigenvalue weighted by Crippen LogP contribution is 2.43. The Morgan fingerprint density at radius 3 is 2.27 bits per heavy atom. The van der Waals surface area contributed by atoms with Crippen LogP contribution < -0.4 is 10.2 Å². The number of nitrogens with one attached hydrogen (secondary N) is 1. The van der Waals surface area contributed by atoms with Crippen molar-refractivity contribution in [2.24, 2.45) is 0 Å². The number of benzene rings is 4. The van der Waals surface area contributed by atoms with Gasteiger partial charge in [-0.1, -0.05) is 66.2 Å². The number of para-hydroxylation sites is 1. The van der Waals surface area contributed by atoms with Crippen molar-refractivity contribution in [2.45, 2.75) is 19.3 Å². The quantitative estimate of drug-likeness (QED) is 0.259. The van der Waals surface area contributed by atoms with Gasteiger partial charge in [0.25, 0.3) is 17.7 Å². The van der Waals surface area contributed by atoms with E-state index in [1.165, 1.54) is 35.2 Å². The fourth-order valence-electron chi connectivity index (χ4n) is 4.95. The van der Waals surface area contributed by atoms with Gasteiger partial charge in [-0.2, -0.15) is 0 Å². The number of carbonyl (C=O) groups is 3. The molecule has 1 heterocycles. The van der Waals surface area contributed by atoms with Gasteiger partial charge in [0.05, 0.1) is 5.69 Å². The summed E-state index contributed by atoms with van der Waals surface area (Å²) in [6.45, 7) is 1.67. The Bertz CT molecular complexity index is 1680. The molecule has 0 aliphatic carbocycles. The lowest BCUT2D eigenvalue weighted by atomic mass is 9.97. The fraction of sp³-hybridized carbons (Fsp3) is 0.121. The van der Waals surface area contributed by atoms with Crippen LogP contribution in [0.4, 0.5) is 20.2 Å². The molecule has 8 heteroatoms. The lowest BCUT2D eigenvalue weighted by Crippen LogP contribution is -2.33. The van der Waals surface area contributed by atoms with Crippen LogP contribution in [0.25, 0.3) is 16.7 Å². The summed E-state index contributed by atoms with van der Waals surface area (Å²) in [6, 6.07) is 27.4. The summed E-state index contributed by atoms with van der Waals surface area (Å²) in [6.07, 6.45) is -0.234. The predicted octanol–water partition coefficient (Wildman–Crippen LogP) is 7.07. The van der Waals surface area contributed by atoms with Crippen LogP contribution in [0.1, 0.15) is 38.3 Å². The van der Waals surface area contributed by atoms with Crippen LogP contribution in [0.15, 0.2) is 103 Å². The molecule has 4 aromatic rings. The smallest absolute Gasteiger partial charge is 0.328 e. The van der Waals surface area contributed by atoms with Crippen molar-refractivity contribution in [3.05, 3.63) is 125 Å². The zero-order chi connectivity index (χ0) is 29.1. The molecule has 6 nitrogen and oxygen atoms in total. The largest absolute Gasteiger partial charge is 0.478 e. The highest BCUT2D eigenvalue weighted by Gasteiger charge is 2.41. The lowest BCUT2D eigenvalue weighted by molar-refractivity contribution is -0.131. The summed E-state index contributed by atoms with van der Waals surface area (Å²) in [4.78, 5) is 39.2. The number of hydrogen-bond donors (Lipinski definition) is 2. The molecule has 5 rings (SSSR count). The molecule has 0 radical (unpaired) electrons. The first kappa shape index (κ1) is 27.5. The van der Waals surface area contributed by atoms with E-state index in [2.05, 4.69) is 5.32 Å². The van der Waals surface area contributed by atoms with Crippen LogP contribution in [0, 0.1) is 6.92 Å². The van der Waals surface area contributed by atoms with Crippen molar-refractivity contribution < 1.29 is 28.3 Å². The molecule has 2 N–H and O–H groups in total. The second kappa shape index (κ2) is 11.2. The topological polar surface area (TPSA) is 86.7 Å². The average molecular weight is 553 g/mol. The Labute approximate surface area is 235 Å². The highest BCUT2D eigenvalue weighted by atomic mass is 19.3. The first-order valence-corrected chi connectivity index (χ1v) is 13.0. The summed E-state index contributed by atoms with van der Waals surface area (Å²) >= 11 is 0. The standard InChI is InChI=1S/C33H26F2N2O4/c1-21-7-6-8-23(19-21)25-9-2-3-10-26(25)31(40)36-24-15-13-22(14-16-24)32(41)37-18-17-33(34,35)28(20-30(38)39)27-11-4-5-12-29(27)37/h2-16,19-20H,17-18H2,1H3,(H,36,40)(H,38,39). The minimum absolute atomic E-state index is 0.0121. The van der Waals surface area contributed by atoms with Crippen molar-refractivity contribution in [2.75, 3.05) is 16.8 Å². The maximum atomic E-state index is 15.0. The van der Waals surface area contributed by atoms with Crippen LogP contribution in [-0.4, -0.2) is 35.4 Å². The highest BCUT2D eigenvalue weighted by molar-refractivity contribution is 6.10. The van der Waals surface area contributed by atoms with E-state index in [1.807, 2.05) is 43.3 Å². The zero-order valence-corrected chi connectivity index (χ0v) is 22.1. The molecule has 0 bridgehead atoms. The molecule has 0 saturated carbocycles. The van der Waals surface area contributed by atoms with Gasteiger partial charge in [-0.05, 0) is 54.4 Å². The number of amides is 2. The Morgan fingerprint density at radius 1 is 0.878 bits per heavy atom. The van der Waals surface area contributed by atoms with Gasteiger partial charge in [-0.15, -0.1) is 0 Å². The van der Waals surface area contributed by atoms with Gasteiger partial charge in [-0.25, -0.2) is 13.6 Å². The first-order valence-electron chi connectivity index (χ1n) is 13.0. The van der Waals surface area contributed by atoms with Gasteiger partial charge in [-0.3, -0.25) is 9.59 Å². The third-order valence-electron chi connectivity index (χ3n) is 6.93. The van der Waals surface area contributed by atoms with Crippen LogP contribution >= 0.6 is 0 Å². The molecule has 0 unspecified atom stereocenters. The van der Waals surface area contributed by atoms with Crippen molar-refractivity contribution >= 4 is 34.7 Å². The molecule has 0 spiro atoms. The van der Waals surface area contributed by atoms with Crippen molar-refractivity contribution in [1.82, 2.24) is 0 Å². The number of rotatable bonds is 5. The number of alkyl halides is 2. The lowest BCUT2D eigenvalue weighted by Gasteiger charge is -2.23. The Balaban J connectivity index is 1.39. The number of aryl methyl sites for hydroxylation is 1. The van der Waals surface area contributed by atoms with Crippen molar-refractivity contribution in [3.63, 3.8) is 0 Å². The summed E-state index contributed by atoms with van der Waals surface area (Å²) in [5, 5.41) is 12.1. The number of carboxylic acids is 1. The molecule has 206 valence electrons. The monoisotopic (exact) mass is 552 g/mol. The van der Waals surface area contributed by atoms with Crippen LogP contribution in [0.2, 0.25) is 0 Å². The molecule has 0 fully saturated rings. The van der Waals surface area contributed by atoms with E-state index in [1.54, 1.807) is 30.3 Å². The van der Waals surface area contributed by atoms with E-state index in [0.717, 1.165) is 16.7 Å². The number of anilines is 2. The third kappa shape index (κ3) is 5.77. The molecule has 1 aliphatic heterocycles. The number of hydrogen-bond acceptors (Lipinski definition) is 3. The number of nitrogens with zero attached hydrogens (tertiary/aromatic N) is 1. The number of fused-ring (bicyclic) bond motifs is 1. The summed E-state index contributed by atoms with van der Waals surface area (Å²) < 4.78 is 29.9. The molecule has 0 atom stereocenters. The minimum atomic E-state index is -3.44. The summed E-state index contributed by atoms with van der Waals surface area (Å²) in [5.41, 5.74) is 3.50. The van der Waals surface area contributed by atoms with Gasteiger partial charge >= 0.3 is 5.97 Å². The predicted molar refractivity (Wildman–Crippen MR) is 154 cm³/mol. The SMILES string of the molecule is Cc1cccc(-c2ccccc2C(=O)Nc2ccc(C(=O)N3CCC(F)(F)C(=CC(=O)O)c4ccccc43)cc2)c1. The summed E-state index contributed by atoms with van der Waals surface area (Å²) in [7, 11) is 0. The molecule has 0 aromatic heterocycles. The second-order valence-electron chi connectivity index (χ2n) is 9.77. The number of allylic oxidation sites excluding steroid dienone is 1. The van der Waals surface area contributed by atoms with E-state index in [0.29, 0.717) is 17.3 Å². The molecular weight excluding hydrogens is 526 g/mol. The van der Waals surface area contributed by atoms with E-state index >= 15 is 0 Å². The van der Waals surface area contributed by atoms with Crippen molar-refractivity contribution in [1.29, 1.82) is 0 Å².